The zero-order valence-electron chi connectivity index (χ0n) is 17.7. The van der Waals surface area contributed by atoms with Gasteiger partial charge in [0.2, 0.25) is 0 Å². The molecule has 0 heterocycles. The molecule has 150 valence electrons. The lowest BCUT2D eigenvalue weighted by molar-refractivity contribution is -0.155. The van der Waals surface area contributed by atoms with Gasteiger partial charge in [0, 0.05) is 0 Å². The van der Waals surface area contributed by atoms with Gasteiger partial charge in [-0.2, -0.15) is 0 Å². The van der Waals surface area contributed by atoms with Gasteiger partial charge in [0.05, 0.1) is 10.8 Å². The second-order valence-corrected chi connectivity index (χ2v) is 8.97. The van der Waals surface area contributed by atoms with E-state index in [9.17, 15) is 9.59 Å². The standard InChI is InChI=1S/C24H30O4/c1-23(2,3)21(25)27-15-17-11-7-9-13-19(17)20-14-10-8-12-18(20)16-28-22(26)24(4,5)6/h7-14H,15-16H2,1-6H3. The molecular formula is C24H30O4. The highest BCUT2D eigenvalue weighted by Gasteiger charge is 2.24. The first-order valence-corrected chi connectivity index (χ1v) is 9.51. The number of benzene rings is 2. The van der Waals surface area contributed by atoms with Crippen LogP contribution in [0.1, 0.15) is 52.7 Å². The minimum atomic E-state index is -0.548. The third-order valence-electron chi connectivity index (χ3n) is 4.27. The molecule has 0 bridgehead atoms. The molecule has 0 spiro atoms. The van der Waals surface area contributed by atoms with Gasteiger partial charge in [-0.3, -0.25) is 9.59 Å². The van der Waals surface area contributed by atoms with Gasteiger partial charge in [-0.15, -0.1) is 0 Å². The SMILES string of the molecule is CC(C)(C)C(=O)OCc1ccccc1-c1ccccc1COC(=O)C(C)(C)C. The molecule has 0 aromatic heterocycles. The Labute approximate surface area is 167 Å². The number of rotatable bonds is 5. The molecule has 0 N–H and O–H groups in total. The molecule has 0 fully saturated rings. The molecule has 0 aliphatic carbocycles. The molecule has 0 saturated heterocycles. The van der Waals surface area contributed by atoms with E-state index in [0.717, 1.165) is 22.3 Å². The monoisotopic (exact) mass is 382 g/mol. The van der Waals surface area contributed by atoms with Crippen LogP contribution in [0.25, 0.3) is 11.1 Å². The fourth-order valence-corrected chi connectivity index (χ4v) is 2.54. The van der Waals surface area contributed by atoms with Gasteiger partial charge in [-0.05, 0) is 63.8 Å². The zero-order valence-corrected chi connectivity index (χ0v) is 17.7. The molecule has 28 heavy (non-hydrogen) atoms. The van der Waals surface area contributed by atoms with Crippen molar-refractivity contribution in [1.82, 2.24) is 0 Å². The first-order chi connectivity index (χ1) is 13.0. The van der Waals surface area contributed by atoms with Gasteiger partial charge < -0.3 is 9.47 Å². The van der Waals surface area contributed by atoms with Gasteiger partial charge in [0.25, 0.3) is 0 Å². The lowest BCUT2D eigenvalue weighted by atomic mass is 9.95. The minimum absolute atomic E-state index is 0.197. The topological polar surface area (TPSA) is 52.6 Å². The van der Waals surface area contributed by atoms with Crippen LogP contribution in [0.2, 0.25) is 0 Å². The van der Waals surface area contributed by atoms with Gasteiger partial charge in [-0.25, -0.2) is 0 Å². The summed E-state index contributed by atoms with van der Waals surface area (Å²) < 4.78 is 11.0. The van der Waals surface area contributed by atoms with Crippen molar-refractivity contribution in [2.75, 3.05) is 0 Å². The number of carbonyl (C=O) groups is 2. The van der Waals surface area contributed by atoms with Crippen molar-refractivity contribution in [1.29, 1.82) is 0 Å². The summed E-state index contributed by atoms with van der Waals surface area (Å²) in [6, 6.07) is 15.6. The highest BCUT2D eigenvalue weighted by Crippen LogP contribution is 2.29. The molecule has 0 aliphatic rings. The molecular weight excluding hydrogens is 352 g/mol. The Bertz CT molecular complexity index is 767. The highest BCUT2D eigenvalue weighted by molar-refractivity contribution is 5.77. The lowest BCUT2D eigenvalue weighted by Crippen LogP contribution is -2.23. The van der Waals surface area contributed by atoms with E-state index in [1.165, 1.54) is 0 Å². The van der Waals surface area contributed by atoms with E-state index >= 15 is 0 Å². The average Bonchev–Trinajstić information content (AvgIpc) is 2.63. The van der Waals surface area contributed by atoms with Crippen LogP contribution in [0.4, 0.5) is 0 Å². The van der Waals surface area contributed by atoms with Crippen LogP contribution in [0.15, 0.2) is 48.5 Å². The molecule has 4 heteroatoms. The van der Waals surface area contributed by atoms with Crippen molar-refractivity contribution in [2.24, 2.45) is 10.8 Å². The van der Waals surface area contributed by atoms with Crippen LogP contribution in [0.5, 0.6) is 0 Å². The van der Waals surface area contributed by atoms with Crippen LogP contribution >= 0.6 is 0 Å². The summed E-state index contributed by atoms with van der Waals surface area (Å²) in [5.74, 6) is -0.482. The van der Waals surface area contributed by atoms with E-state index in [4.69, 9.17) is 9.47 Å². The van der Waals surface area contributed by atoms with E-state index in [0.29, 0.717) is 0 Å². The molecule has 4 nitrogen and oxygen atoms in total. The molecule has 0 radical (unpaired) electrons. The van der Waals surface area contributed by atoms with Crippen molar-refractivity contribution in [2.45, 2.75) is 54.8 Å². The number of ether oxygens (including phenoxy) is 2. The quantitative estimate of drug-likeness (QED) is 0.638. The van der Waals surface area contributed by atoms with Gasteiger partial charge in [0.15, 0.2) is 0 Å². The smallest absolute Gasteiger partial charge is 0.311 e. The summed E-state index contributed by atoms with van der Waals surface area (Å²) in [5, 5.41) is 0. The number of carbonyl (C=O) groups excluding carboxylic acids is 2. The molecule has 0 unspecified atom stereocenters. The van der Waals surface area contributed by atoms with Crippen LogP contribution in [0, 0.1) is 10.8 Å². The minimum Gasteiger partial charge on any atom is -0.460 e. The summed E-state index contributed by atoms with van der Waals surface area (Å²) in [5.41, 5.74) is 2.66. The Hall–Kier alpha value is -2.62. The fourth-order valence-electron chi connectivity index (χ4n) is 2.54. The van der Waals surface area contributed by atoms with Crippen molar-refractivity contribution in [3.63, 3.8) is 0 Å². The van der Waals surface area contributed by atoms with E-state index in [1.54, 1.807) is 0 Å². The number of esters is 2. The molecule has 0 saturated carbocycles. The Morgan fingerprint density at radius 2 is 0.964 bits per heavy atom. The third kappa shape index (κ3) is 5.69. The van der Waals surface area contributed by atoms with E-state index in [2.05, 4.69) is 0 Å². The van der Waals surface area contributed by atoms with Crippen molar-refractivity contribution in [3.05, 3.63) is 59.7 Å². The van der Waals surface area contributed by atoms with Gasteiger partial charge in [0.1, 0.15) is 13.2 Å². The fraction of sp³-hybridized carbons (Fsp3) is 0.417. The highest BCUT2D eigenvalue weighted by atomic mass is 16.5. The van der Waals surface area contributed by atoms with E-state index < -0.39 is 10.8 Å². The Morgan fingerprint density at radius 3 is 1.29 bits per heavy atom. The average molecular weight is 383 g/mol. The van der Waals surface area contributed by atoms with Crippen molar-refractivity contribution in [3.8, 4) is 11.1 Å². The maximum Gasteiger partial charge on any atom is 0.311 e. The Kier molecular flexibility index (Phi) is 6.65. The summed E-state index contributed by atoms with van der Waals surface area (Å²) in [6.07, 6.45) is 0. The molecule has 2 aromatic rings. The second kappa shape index (κ2) is 8.59. The van der Waals surface area contributed by atoms with Crippen LogP contribution in [-0.4, -0.2) is 11.9 Å². The van der Waals surface area contributed by atoms with E-state index in [-0.39, 0.29) is 25.2 Å². The van der Waals surface area contributed by atoms with Crippen LogP contribution in [-0.2, 0) is 32.3 Å². The summed E-state index contributed by atoms with van der Waals surface area (Å²) in [6.45, 7) is 11.4. The largest absolute Gasteiger partial charge is 0.460 e. The number of hydrogen-bond acceptors (Lipinski definition) is 4. The predicted octanol–water partition coefficient (Wildman–Crippen LogP) is 5.53. The Balaban J connectivity index is 2.26. The molecule has 2 aromatic carbocycles. The molecule has 2 rings (SSSR count). The van der Waals surface area contributed by atoms with Gasteiger partial charge >= 0.3 is 11.9 Å². The van der Waals surface area contributed by atoms with Crippen LogP contribution < -0.4 is 0 Å². The molecule has 0 aliphatic heterocycles. The van der Waals surface area contributed by atoms with Gasteiger partial charge in [-0.1, -0.05) is 48.5 Å². The maximum absolute atomic E-state index is 12.1. The van der Waals surface area contributed by atoms with Crippen molar-refractivity contribution >= 4 is 11.9 Å². The summed E-state index contributed by atoms with van der Waals surface area (Å²) in [4.78, 5) is 24.3. The lowest BCUT2D eigenvalue weighted by Gasteiger charge is -2.19. The number of hydrogen-bond donors (Lipinski definition) is 0. The zero-order chi connectivity index (χ0) is 20.9. The van der Waals surface area contributed by atoms with Crippen molar-refractivity contribution < 1.29 is 19.1 Å². The van der Waals surface area contributed by atoms with Crippen LogP contribution in [0.3, 0.4) is 0 Å². The van der Waals surface area contributed by atoms with E-state index in [1.807, 2.05) is 90.1 Å². The maximum atomic E-state index is 12.1. The second-order valence-electron chi connectivity index (χ2n) is 8.97. The molecule has 0 atom stereocenters. The molecule has 0 amide bonds. The third-order valence-corrected chi connectivity index (χ3v) is 4.27. The summed E-state index contributed by atoms with van der Waals surface area (Å²) >= 11 is 0. The first-order valence-electron chi connectivity index (χ1n) is 9.51. The first kappa shape index (κ1) is 21.7. The Morgan fingerprint density at radius 1 is 0.643 bits per heavy atom. The normalized spacial score (nSPS) is 11.8. The predicted molar refractivity (Wildman–Crippen MR) is 110 cm³/mol. The summed E-state index contributed by atoms with van der Waals surface area (Å²) in [7, 11) is 0.